The molecule has 2 N–H and O–H groups in total. The number of nitrogens with one attached hydrogen (secondary N) is 2. The van der Waals surface area contributed by atoms with Gasteiger partial charge in [-0.25, -0.2) is 0 Å². The monoisotopic (exact) mass is 456 g/mol. The number of methoxy groups -OCH3 is 2. The molecule has 0 radical (unpaired) electrons. The van der Waals surface area contributed by atoms with Gasteiger partial charge in [-0.2, -0.15) is 18.3 Å². The van der Waals surface area contributed by atoms with Crippen LogP contribution >= 0.6 is 12.2 Å². The molecule has 1 saturated carbocycles. The van der Waals surface area contributed by atoms with Gasteiger partial charge in [0.25, 0.3) is 0 Å². The summed E-state index contributed by atoms with van der Waals surface area (Å²) in [5.74, 6) is 1.57. The molecule has 1 aliphatic carbocycles. The maximum atomic E-state index is 13.0. The fourth-order valence-electron chi connectivity index (χ4n) is 3.31. The third-order valence-electron chi connectivity index (χ3n) is 5.08. The van der Waals surface area contributed by atoms with E-state index in [-0.39, 0.29) is 5.92 Å². The summed E-state index contributed by atoms with van der Waals surface area (Å²) in [4.78, 5) is 0. The van der Waals surface area contributed by atoms with E-state index in [1.807, 2.05) is 18.2 Å². The zero-order valence-electron chi connectivity index (χ0n) is 17.6. The van der Waals surface area contributed by atoms with Gasteiger partial charge in [-0.05, 0) is 61.7 Å². The SMILES string of the molecule is COc1ccc(CCNC(=S)NCCCn2nc(C(F)(F)F)cc2C2CC2)cc1OC. The Morgan fingerprint density at radius 3 is 2.48 bits per heavy atom. The highest BCUT2D eigenvalue weighted by atomic mass is 32.1. The molecule has 0 amide bonds. The Labute approximate surface area is 185 Å². The summed E-state index contributed by atoms with van der Waals surface area (Å²) in [7, 11) is 3.19. The minimum Gasteiger partial charge on any atom is -0.493 e. The molecule has 170 valence electrons. The van der Waals surface area contributed by atoms with Crippen molar-refractivity contribution in [1.29, 1.82) is 0 Å². The van der Waals surface area contributed by atoms with Gasteiger partial charge in [0, 0.05) is 31.2 Å². The number of hydrogen-bond acceptors (Lipinski definition) is 4. The summed E-state index contributed by atoms with van der Waals surface area (Å²) in [6.45, 7) is 1.61. The predicted molar refractivity (Wildman–Crippen MR) is 116 cm³/mol. The maximum absolute atomic E-state index is 13.0. The van der Waals surface area contributed by atoms with Gasteiger partial charge in [0.05, 0.1) is 14.2 Å². The number of rotatable bonds is 10. The molecule has 31 heavy (non-hydrogen) atoms. The van der Waals surface area contributed by atoms with Crippen LogP contribution in [0.5, 0.6) is 11.5 Å². The highest BCUT2D eigenvalue weighted by Crippen LogP contribution is 2.42. The Balaban J connectivity index is 1.39. The number of alkyl halides is 3. The highest BCUT2D eigenvalue weighted by molar-refractivity contribution is 7.80. The van der Waals surface area contributed by atoms with Crippen LogP contribution in [0.4, 0.5) is 13.2 Å². The third kappa shape index (κ3) is 6.49. The fourth-order valence-corrected chi connectivity index (χ4v) is 3.51. The summed E-state index contributed by atoms with van der Waals surface area (Å²) < 4.78 is 50.9. The van der Waals surface area contributed by atoms with Crippen LogP contribution < -0.4 is 20.1 Å². The van der Waals surface area contributed by atoms with E-state index in [1.54, 1.807) is 14.2 Å². The van der Waals surface area contributed by atoms with Gasteiger partial charge in [-0.15, -0.1) is 0 Å². The maximum Gasteiger partial charge on any atom is 0.435 e. The van der Waals surface area contributed by atoms with Gasteiger partial charge in [-0.1, -0.05) is 6.07 Å². The number of halogens is 3. The van der Waals surface area contributed by atoms with E-state index in [2.05, 4.69) is 15.7 Å². The lowest BCUT2D eigenvalue weighted by Gasteiger charge is -2.12. The topological polar surface area (TPSA) is 60.3 Å². The van der Waals surface area contributed by atoms with Gasteiger partial charge in [0.15, 0.2) is 22.3 Å². The van der Waals surface area contributed by atoms with Gasteiger partial charge < -0.3 is 20.1 Å². The Morgan fingerprint density at radius 1 is 1.13 bits per heavy atom. The van der Waals surface area contributed by atoms with Crippen LogP contribution in [-0.4, -0.2) is 42.2 Å². The molecule has 1 aliphatic rings. The Kier molecular flexibility index (Phi) is 7.64. The molecule has 0 unspecified atom stereocenters. The molecule has 0 bridgehead atoms. The molecule has 2 aromatic rings. The second-order valence-electron chi connectivity index (χ2n) is 7.43. The molecule has 1 heterocycles. The molecule has 0 atom stereocenters. The molecule has 0 spiro atoms. The Bertz CT molecular complexity index is 897. The van der Waals surface area contributed by atoms with E-state index in [0.717, 1.165) is 24.8 Å². The molecular weight excluding hydrogens is 429 g/mol. The van der Waals surface area contributed by atoms with Crippen LogP contribution in [0.1, 0.15) is 42.1 Å². The average molecular weight is 457 g/mol. The number of aromatic nitrogens is 2. The third-order valence-corrected chi connectivity index (χ3v) is 5.37. The van der Waals surface area contributed by atoms with Crippen LogP contribution in [-0.2, 0) is 19.1 Å². The lowest BCUT2D eigenvalue weighted by atomic mass is 10.1. The minimum atomic E-state index is -4.41. The molecule has 0 saturated heterocycles. The lowest BCUT2D eigenvalue weighted by Crippen LogP contribution is -2.37. The van der Waals surface area contributed by atoms with E-state index in [9.17, 15) is 13.2 Å². The summed E-state index contributed by atoms with van der Waals surface area (Å²) >= 11 is 5.28. The molecule has 1 aromatic heterocycles. The van der Waals surface area contributed by atoms with Gasteiger partial charge in [-0.3, -0.25) is 4.68 Å². The second-order valence-corrected chi connectivity index (χ2v) is 7.83. The number of aryl methyl sites for hydroxylation is 1. The smallest absolute Gasteiger partial charge is 0.435 e. The normalized spacial score (nSPS) is 13.7. The van der Waals surface area contributed by atoms with Crippen molar-refractivity contribution in [3.63, 3.8) is 0 Å². The molecule has 6 nitrogen and oxygen atoms in total. The van der Waals surface area contributed by atoms with Crippen LogP contribution in [0.15, 0.2) is 24.3 Å². The van der Waals surface area contributed by atoms with Crippen LogP contribution in [0, 0.1) is 0 Å². The molecule has 10 heteroatoms. The summed E-state index contributed by atoms with van der Waals surface area (Å²) in [5, 5.41) is 10.5. The van der Waals surface area contributed by atoms with Crippen LogP contribution in [0.25, 0.3) is 0 Å². The van der Waals surface area contributed by atoms with Crippen molar-refractivity contribution in [2.75, 3.05) is 27.3 Å². The van der Waals surface area contributed by atoms with Gasteiger partial charge in [0.2, 0.25) is 0 Å². The number of nitrogens with zero attached hydrogens (tertiary/aromatic N) is 2. The predicted octanol–water partition coefficient (Wildman–Crippen LogP) is 3.89. The van der Waals surface area contributed by atoms with Crippen molar-refractivity contribution in [2.24, 2.45) is 0 Å². The second kappa shape index (κ2) is 10.2. The van der Waals surface area contributed by atoms with Gasteiger partial charge in [0.1, 0.15) is 0 Å². The van der Waals surface area contributed by atoms with E-state index < -0.39 is 11.9 Å². The van der Waals surface area contributed by atoms with E-state index in [4.69, 9.17) is 21.7 Å². The number of hydrogen-bond donors (Lipinski definition) is 2. The molecule has 1 fully saturated rings. The van der Waals surface area contributed by atoms with E-state index in [0.29, 0.717) is 48.4 Å². The summed E-state index contributed by atoms with van der Waals surface area (Å²) in [5.41, 5.74) is 0.956. The molecule has 3 rings (SSSR count). The zero-order chi connectivity index (χ0) is 22.4. The molecule has 0 aliphatic heterocycles. The van der Waals surface area contributed by atoms with Crippen molar-refractivity contribution in [2.45, 2.75) is 44.3 Å². The zero-order valence-corrected chi connectivity index (χ0v) is 18.4. The average Bonchev–Trinajstić information content (AvgIpc) is 3.49. The summed E-state index contributed by atoms with van der Waals surface area (Å²) in [6, 6.07) is 6.94. The molecule has 1 aromatic carbocycles. The number of thiocarbonyl (C=S) groups is 1. The van der Waals surface area contributed by atoms with Crippen molar-refractivity contribution in [3.05, 3.63) is 41.2 Å². The Morgan fingerprint density at radius 2 is 1.84 bits per heavy atom. The van der Waals surface area contributed by atoms with Crippen LogP contribution in [0.2, 0.25) is 0 Å². The first kappa shape index (κ1) is 23.2. The number of ether oxygens (including phenoxy) is 2. The Hall–Kier alpha value is -2.49. The van der Waals surface area contributed by atoms with E-state index in [1.165, 1.54) is 10.7 Å². The van der Waals surface area contributed by atoms with Crippen molar-refractivity contribution in [3.8, 4) is 11.5 Å². The van der Waals surface area contributed by atoms with Crippen molar-refractivity contribution in [1.82, 2.24) is 20.4 Å². The summed E-state index contributed by atoms with van der Waals surface area (Å²) in [6.07, 6.45) is -1.19. The van der Waals surface area contributed by atoms with Crippen LogP contribution in [0.3, 0.4) is 0 Å². The van der Waals surface area contributed by atoms with Crippen molar-refractivity contribution < 1.29 is 22.6 Å². The first-order chi connectivity index (χ1) is 14.8. The quantitative estimate of drug-likeness (QED) is 0.418. The first-order valence-electron chi connectivity index (χ1n) is 10.2. The van der Waals surface area contributed by atoms with E-state index >= 15 is 0 Å². The fraction of sp³-hybridized carbons (Fsp3) is 0.524. The lowest BCUT2D eigenvalue weighted by molar-refractivity contribution is -0.141. The molecular formula is C21H27F3N4O2S. The first-order valence-corrected chi connectivity index (χ1v) is 10.6. The number of benzene rings is 1. The van der Waals surface area contributed by atoms with Crippen molar-refractivity contribution >= 4 is 17.3 Å². The van der Waals surface area contributed by atoms with Gasteiger partial charge >= 0.3 is 6.18 Å². The standard InChI is InChI=1S/C21H27F3N4O2S/c1-29-17-7-4-14(12-18(17)30-2)8-10-26-20(31)25-9-3-11-28-16(15-5-6-15)13-19(27-28)21(22,23)24/h4,7,12-13,15H,3,5-6,8-11H2,1-2H3,(H2,25,26,31). The largest absolute Gasteiger partial charge is 0.493 e. The highest BCUT2D eigenvalue weighted by Gasteiger charge is 2.37. The minimum absolute atomic E-state index is 0.205.